The van der Waals surface area contributed by atoms with Crippen LogP contribution in [0.2, 0.25) is 0 Å². The maximum Gasteiger partial charge on any atom is 0.277 e. The first-order valence-corrected chi connectivity index (χ1v) is 14.1. The first kappa shape index (κ1) is 28.0. The van der Waals surface area contributed by atoms with Crippen molar-refractivity contribution in [3.63, 3.8) is 0 Å². The highest BCUT2D eigenvalue weighted by Gasteiger charge is 2.31. The number of aromatic nitrogens is 3. The fourth-order valence-electron chi connectivity index (χ4n) is 4.52. The molecule has 1 N–H and O–H groups in total. The molecule has 0 fully saturated rings. The smallest absolute Gasteiger partial charge is 0.277 e. The Kier molecular flexibility index (Phi) is 8.44. The summed E-state index contributed by atoms with van der Waals surface area (Å²) >= 11 is 0. The Morgan fingerprint density at radius 3 is 2.38 bits per heavy atom. The number of hydrogen-bond acceptors (Lipinski definition) is 7. The molecule has 8 nitrogen and oxygen atoms in total. The van der Waals surface area contributed by atoms with Crippen LogP contribution in [-0.2, 0) is 16.3 Å². The molecule has 1 unspecified atom stereocenters. The van der Waals surface area contributed by atoms with Crippen LogP contribution in [0.25, 0.3) is 11.1 Å². The normalized spacial score (nSPS) is 12.3. The van der Waals surface area contributed by atoms with Crippen LogP contribution in [0, 0.1) is 5.95 Å². The van der Waals surface area contributed by atoms with Gasteiger partial charge in [0.05, 0.1) is 18.0 Å². The van der Waals surface area contributed by atoms with Gasteiger partial charge in [0, 0.05) is 18.2 Å². The van der Waals surface area contributed by atoms with Crippen molar-refractivity contribution in [3.8, 4) is 22.8 Å². The monoisotopic (exact) mass is 551 g/mol. The van der Waals surface area contributed by atoms with Crippen molar-refractivity contribution < 1.29 is 22.7 Å². The number of nitrogens with zero attached hydrogens (tertiary/aromatic N) is 3. The summed E-state index contributed by atoms with van der Waals surface area (Å²) in [5, 5.41) is 10.8. The fourth-order valence-corrected chi connectivity index (χ4v) is 5.87. The molecule has 0 saturated heterocycles. The number of unbranched alkanes of at least 4 members (excludes halogenated alkanes) is 1. The number of rotatable bonds is 10. The van der Waals surface area contributed by atoms with Gasteiger partial charge in [-0.25, -0.2) is 13.4 Å². The van der Waals surface area contributed by atoms with Gasteiger partial charge in [-0.3, -0.25) is 9.36 Å². The molecule has 39 heavy (non-hydrogen) atoms. The lowest BCUT2D eigenvalue weighted by atomic mass is 10.0. The lowest BCUT2D eigenvalue weighted by Gasteiger charge is -2.23. The van der Waals surface area contributed by atoms with Gasteiger partial charge in [0.15, 0.2) is 4.90 Å². The van der Waals surface area contributed by atoms with Gasteiger partial charge >= 0.3 is 0 Å². The number of aryl methyl sites for hydroxylation is 1. The molecule has 1 atom stereocenters. The van der Waals surface area contributed by atoms with E-state index in [4.69, 9.17) is 4.74 Å². The van der Waals surface area contributed by atoms with Crippen molar-refractivity contribution >= 4 is 9.84 Å². The number of halogens is 1. The van der Waals surface area contributed by atoms with E-state index in [9.17, 15) is 22.7 Å². The number of hydrogen-bond donors (Lipinski definition) is 1. The number of ether oxygens (including phenoxy) is 1. The summed E-state index contributed by atoms with van der Waals surface area (Å²) in [4.78, 5) is 20.8. The summed E-state index contributed by atoms with van der Waals surface area (Å²) < 4.78 is 47.3. The number of aromatic hydroxyl groups is 1. The van der Waals surface area contributed by atoms with Crippen LogP contribution in [0.5, 0.6) is 11.6 Å². The van der Waals surface area contributed by atoms with Crippen LogP contribution in [0.15, 0.2) is 81.4 Å². The average molecular weight is 552 g/mol. The Labute approximate surface area is 226 Å². The van der Waals surface area contributed by atoms with Crippen LogP contribution in [-0.4, -0.2) is 35.2 Å². The molecule has 0 aliphatic heterocycles. The second kappa shape index (κ2) is 11.8. The van der Waals surface area contributed by atoms with E-state index < -0.39 is 38.2 Å². The Morgan fingerprint density at radius 2 is 1.77 bits per heavy atom. The highest BCUT2D eigenvalue weighted by atomic mass is 32.2. The quantitative estimate of drug-likeness (QED) is 0.265. The first-order valence-electron chi connectivity index (χ1n) is 12.7. The van der Waals surface area contributed by atoms with Crippen molar-refractivity contribution in [3.05, 3.63) is 94.5 Å². The molecule has 2 aromatic heterocycles. The molecule has 0 amide bonds. The molecular weight excluding hydrogens is 521 g/mol. The molecule has 0 aliphatic carbocycles. The van der Waals surface area contributed by atoms with E-state index >= 15 is 0 Å². The van der Waals surface area contributed by atoms with E-state index in [0.29, 0.717) is 42.0 Å². The standard InChI is InChI=1S/C29H30FN3O5S/c1-4-6-10-26-32-28(34)27(29(35)33(26)24(5-2)20-8-7-9-22(17-20)38-3)39(36,37)23-14-11-19(12-15-23)21-13-16-25(30)31-18-21/h7-9,11-18,24,34H,4-6,10H2,1-3H3. The second-order valence-corrected chi connectivity index (χ2v) is 10.9. The van der Waals surface area contributed by atoms with Gasteiger partial charge in [0.25, 0.3) is 5.56 Å². The third kappa shape index (κ3) is 5.70. The number of benzene rings is 2. The molecule has 10 heteroatoms. The van der Waals surface area contributed by atoms with Crippen LogP contribution in [0.4, 0.5) is 4.39 Å². The molecule has 0 spiro atoms. The van der Waals surface area contributed by atoms with Crippen LogP contribution < -0.4 is 10.3 Å². The third-order valence-corrected chi connectivity index (χ3v) is 8.34. The lowest BCUT2D eigenvalue weighted by Crippen LogP contribution is -2.33. The highest BCUT2D eigenvalue weighted by molar-refractivity contribution is 7.91. The van der Waals surface area contributed by atoms with Gasteiger partial charge < -0.3 is 9.84 Å². The van der Waals surface area contributed by atoms with Crippen LogP contribution in [0.1, 0.15) is 50.5 Å². The van der Waals surface area contributed by atoms with Crippen molar-refractivity contribution in [2.45, 2.75) is 55.4 Å². The van der Waals surface area contributed by atoms with Gasteiger partial charge in [0.1, 0.15) is 11.6 Å². The number of pyridine rings is 1. The highest BCUT2D eigenvalue weighted by Crippen LogP contribution is 2.31. The zero-order valence-electron chi connectivity index (χ0n) is 22.0. The van der Waals surface area contributed by atoms with E-state index in [-0.39, 0.29) is 4.90 Å². The predicted octanol–water partition coefficient (Wildman–Crippen LogP) is 5.33. The fraction of sp³-hybridized carbons (Fsp3) is 0.276. The summed E-state index contributed by atoms with van der Waals surface area (Å²) in [6, 6.07) is 15.2. The Bertz CT molecular complexity index is 1620. The minimum absolute atomic E-state index is 0.183. The van der Waals surface area contributed by atoms with Crippen molar-refractivity contribution in [1.82, 2.24) is 14.5 Å². The molecule has 4 rings (SSSR count). The van der Waals surface area contributed by atoms with Crippen molar-refractivity contribution in [2.75, 3.05) is 7.11 Å². The van der Waals surface area contributed by atoms with Gasteiger partial charge in [-0.15, -0.1) is 0 Å². The van der Waals surface area contributed by atoms with E-state index in [1.807, 2.05) is 19.9 Å². The SMILES string of the molecule is CCCCc1nc(O)c(S(=O)(=O)c2ccc(-c3ccc(F)nc3)cc2)c(=O)n1C(CC)c1cccc(OC)c1. The second-order valence-electron chi connectivity index (χ2n) is 9.06. The van der Waals surface area contributed by atoms with E-state index in [1.165, 1.54) is 47.2 Å². The van der Waals surface area contributed by atoms with Gasteiger partial charge in [-0.1, -0.05) is 44.5 Å². The van der Waals surface area contributed by atoms with Crippen molar-refractivity contribution in [2.24, 2.45) is 0 Å². The third-order valence-electron chi connectivity index (χ3n) is 6.55. The zero-order chi connectivity index (χ0) is 28.2. The van der Waals surface area contributed by atoms with Gasteiger partial charge in [-0.05, 0) is 60.4 Å². The summed E-state index contributed by atoms with van der Waals surface area (Å²) in [5.41, 5.74) is 1.12. The van der Waals surface area contributed by atoms with Crippen LogP contribution in [0.3, 0.4) is 0 Å². The topological polar surface area (TPSA) is 111 Å². The molecule has 204 valence electrons. The largest absolute Gasteiger partial charge is 0.497 e. The van der Waals surface area contributed by atoms with Crippen LogP contribution >= 0.6 is 0 Å². The molecule has 0 radical (unpaired) electrons. The zero-order valence-corrected chi connectivity index (χ0v) is 22.8. The summed E-state index contributed by atoms with van der Waals surface area (Å²) in [7, 11) is -2.90. The van der Waals surface area contributed by atoms with E-state index in [2.05, 4.69) is 9.97 Å². The number of sulfone groups is 1. The maximum absolute atomic E-state index is 14.0. The molecule has 2 aromatic carbocycles. The first-order chi connectivity index (χ1) is 18.7. The average Bonchev–Trinajstić information content (AvgIpc) is 2.94. The minimum Gasteiger partial charge on any atom is -0.497 e. The van der Waals surface area contributed by atoms with Crippen molar-refractivity contribution in [1.29, 1.82) is 0 Å². The Morgan fingerprint density at radius 1 is 1.05 bits per heavy atom. The number of methoxy groups -OCH3 is 1. The minimum atomic E-state index is -4.45. The summed E-state index contributed by atoms with van der Waals surface area (Å²) in [5.74, 6) is -0.536. The molecule has 0 bridgehead atoms. The molecule has 0 saturated carbocycles. The van der Waals surface area contributed by atoms with E-state index in [0.717, 1.165) is 12.0 Å². The lowest BCUT2D eigenvalue weighted by molar-refractivity contribution is 0.402. The Hall–Kier alpha value is -4.05. The molecule has 2 heterocycles. The summed E-state index contributed by atoms with van der Waals surface area (Å²) in [6.45, 7) is 3.89. The predicted molar refractivity (Wildman–Crippen MR) is 145 cm³/mol. The summed E-state index contributed by atoms with van der Waals surface area (Å²) in [6.07, 6.45) is 3.72. The van der Waals surface area contributed by atoms with E-state index in [1.54, 1.807) is 25.3 Å². The molecule has 4 aromatic rings. The van der Waals surface area contributed by atoms with Gasteiger partial charge in [-0.2, -0.15) is 9.37 Å². The maximum atomic E-state index is 14.0. The Balaban J connectivity index is 1.85. The molecule has 0 aliphatic rings. The van der Waals surface area contributed by atoms with Gasteiger partial charge in [0.2, 0.25) is 21.7 Å². The molecular formula is C29H30FN3O5S.